The van der Waals surface area contributed by atoms with Gasteiger partial charge in [-0.3, -0.25) is 0 Å². The topological polar surface area (TPSA) is 63.7 Å². The monoisotopic (exact) mass is 378 g/mol. The van der Waals surface area contributed by atoms with Gasteiger partial charge in [0.05, 0.1) is 17.5 Å². The molecule has 0 aliphatic carbocycles. The van der Waals surface area contributed by atoms with E-state index >= 15 is 0 Å². The van der Waals surface area contributed by atoms with Crippen LogP contribution in [0.15, 0.2) is 48.7 Å². The Balaban J connectivity index is 2.11. The Bertz CT molecular complexity index is 979. The molecule has 26 heavy (non-hydrogen) atoms. The summed E-state index contributed by atoms with van der Waals surface area (Å²) in [4.78, 5) is 0. The minimum atomic E-state index is -4.47. The summed E-state index contributed by atoms with van der Waals surface area (Å²) < 4.78 is 45.6. The predicted octanol–water partition coefficient (Wildman–Crippen LogP) is 4.51. The van der Waals surface area contributed by atoms with Gasteiger partial charge in [0.15, 0.2) is 6.61 Å². The molecule has 2 aromatic carbocycles. The highest BCUT2D eigenvalue weighted by Crippen LogP contribution is 2.34. The number of nitrogens with zero attached hydrogens (tertiary/aromatic N) is 4. The summed E-state index contributed by atoms with van der Waals surface area (Å²) in [5.41, 5.74) is 0.170. The van der Waals surface area contributed by atoms with Gasteiger partial charge in [-0.2, -0.15) is 18.4 Å². The lowest BCUT2D eigenvalue weighted by Crippen LogP contribution is -2.06. The van der Waals surface area contributed by atoms with E-state index in [0.717, 1.165) is 12.1 Å². The second-order valence-corrected chi connectivity index (χ2v) is 5.60. The standard InChI is InChI=1S/C17H10ClF3N4O/c18-13-4-5-16(26-7-6-22)14(9-13)25-15(10-23-24-25)11-2-1-3-12(8-11)17(19,20)21/h1-5,8-10H,7H2. The van der Waals surface area contributed by atoms with E-state index in [-0.39, 0.29) is 12.2 Å². The molecule has 0 fully saturated rings. The largest absolute Gasteiger partial charge is 0.476 e. The molecule has 0 unspecified atom stereocenters. The molecule has 5 nitrogen and oxygen atoms in total. The molecule has 0 radical (unpaired) electrons. The van der Waals surface area contributed by atoms with Gasteiger partial charge < -0.3 is 4.74 Å². The summed E-state index contributed by atoms with van der Waals surface area (Å²) in [6, 6.07) is 11.3. The molecule has 0 saturated heterocycles. The van der Waals surface area contributed by atoms with Crippen LogP contribution >= 0.6 is 11.6 Å². The van der Waals surface area contributed by atoms with E-state index in [1.165, 1.54) is 29.1 Å². The highest BCUT2D eigenvalue weighted by atomic mass is 35.5. The van der Waals surface area contributed by atoms with Gasteiger partial charge in [-0.25, -0.2) is 4.68 Å². The molecule has 0 aliphatic heterocycles. The number of halogens is 4. The van der Waals surface area contributed by atoms with Crippen LogP contribution in [0.5, 0.6) is 5.75 Å². The Kier molecular flexibility index (Phi) is 4.82. The van der Waals surface area contributed by atoms with E-state index in [9.17, 15) is 13.2 Å². The maximum atomic E-state index is 13.0. The highest BCUT2D eigenvalue weighted by molar-refractivity contribution is 6.30. The zero-order chi connectivity index (χ0) is 18.7. The molecule has 1 aromatic heterocycles. The van der Waals surface area contributed by atoms with E-state index in [4.69, 9.17) is 21.6 Å². The fourth-order valence-electron chi connectivity index (χ4n) is 2.35. The molecule has 0 N–H and O–H groups in total. The zero-order valence-electron chi connectivity index (χ0n) is 13.0. The quantitative estimate of drug-likeness (QED) is 0.670. The Labute approximate surface area is 151 Å². The van der Waals surface area contributed by atoms with Crippen molar-refractivity contribution in [1.29, 1.82) is 5.26 Å². The second kappa shape index (κ2) is 7.06. The van der Waals surface area contributed by atoms with E-state index in [0.29, 0.717) is 22.2 Å². The fourth-order valence-corrected chi connectivity index (χ4v) is 2.52. The number of hydrogen-bond acceptors (Lipinski definition) is 4. The van der Waals surface area contributed by atoms with Crippen LogP contribution in [0.2, 0.25) is 5.02 Å². The van der Waals surface area contributed by atoms with Crippen LogP contribution in [0, 0.1) is 11.3 Å². The molecule has 3 rings (SSSR count). The summed E-state index contributed by atoms with van der Waals surface area (Å²) in [7, 11) is 0. The van der Waals surface area contributed by atoms with Gasteiger partial charge in [0, 0.05) is 10.6 Å². The Morgan fingerprint density at radius 1 is 1.19 bits per heavy atom. The molecule has 0 amide bonds. The first kappa shape index (κ1) is 17.8. The predicted molar refractivity (Wildman–Crippen MR) is 87.9 cm³/mol. The van der Waals surface area contributed by atoms with Crippen molar-refractivity contribution < 1.29 is 17.9 Å². The highest BCUT2D eigenvalue weighted by Gasteiger charge is 2.30. The average molecular weight is 379 g/mol. The van der Waals surface area contributed by atoms with Crippen LogP contribution < -0.4 is 4.74 Å². The second-order valence-electron chi connectivity index (χ2n) is 5.17. The van der Waals surface area contributed by atoms with Crippen LogP contribution in [0.25, 0.3) is 16.9 Å². The van der Waals surface area contributed by atoms with Crippen molar-refractivity contribution in [1.82, 2.24) is 15.0 Å². The number of benzene rings is 2. The molecule has 0 aliphatic rings. The molecular weight excluding hydrogens is 369 g/mol. The van der Waals surface area contributed by atoms with Crippen molar-refractivity contribution in [2.45, 2.75) is 6.18 Å². The number of rotatable bonds is 4. The third kappa shape index (κ3) is 3.63. The SMILES string of the molecule is N#CCOc1ccc(Cl)cc1-n1nncc1-c1cccc(C(F)(F)F)c1. The van der Waals surface area contributed by atoms with E-state index in [1.807, 2.05) is 6.07 Å². The third-order valence-electron chi connectivity index (χ3n) is 3.48. The van der Waals surface area contributed by atoms with Gasteiger partial charge in [-0.15, -0.1) is 5.10 Å². The van der Waals surface area contributed by atoms with Gasteiger partial charge in [-0.1, -0.05) is 28.9 Å². The van der Waals surface area contributed by atoms with E-state index < -0.39 is 11.7 Å². The Morgan fingerprint density at radius 3 is 2.73 bits per heavy atom. The summed E-state index contributed by atoms with van der Waals surface area (Å²) in [5, 5.41) is 16.8. The maximum Gasteiger partial charge on any atom is 0.416 e. The minimum Gasteiger partial charge on any atom is -0.476 e. The summed E-state index contributed by atoms with van der Waals surface area (Å²) >= 11 is 6.02. The van der Waals surface area contributed by atoms with Crippen molar-refractivity contribution in [3.8, 4) is 28.8 Å². The first-order chi connectivity index (χ1) is 12.4. The normalized spacial score (nSPS) is 11.2. The zero-order valence-corrected chi connectivity index (χ0v) is 13.8. The number of ether oxygens (including phenoxy) is 1. The lowest BCUT2D eigenvalue weighted by atomic mass is 10.1. The Morgan fingerprint density at radius 2 is 2.00 bits per heavy atom. The van der Waals surface area contributed by atoms with Crippen LogP contribution in [0.3, 0.4) is 0 Å². The lowest BCUT2D eigenvalue weighted by molar-refractivity contribution is -0.137. The third-order valence-corrected chi connectivity index (χ3v) is 3.71. The fraction of sp³-hybridized carbons (Fsp3) is 0.118. The molecule has 0 bridgehead atoms. The van der Waals surface area contributed by atoms with Gasteiger partial charge in [0.25, 0.3) is 0 Å². The summed E-state index contributed by atoms with van der Waals surface area (Å²) in [6.07, 6.45) is -3.13. The summed E-state index contributed by atoms with van der Waals surface area (Å²) in [6.45, 7) is -0.206. The van der Waals surface area contributed by atoms with Gasteiger partial charge in [-0.05, 0) is 30.3 Å². The van der Waals surface area contributed by atoms with Crippen molar-refractivity contribution in [3.05, 3.63) is 59.2 Å². The Hall–Kier alpha value is -3.05. The van der Waals surface area contributed by atoms with Gasteiger partial charge in [0.2, 0.25) is 0 Å². The molecule has 132 valence electrons. The molecule has 3 aromatic rings. The van der Waals surface area contributed by atoms with Gasteiger partial charge in [0.1, 0.15) is 17.5 Å². The van der Waals surface area contributed by atoms with E-state index in [2.05, 4.69) is 10.3 Å². The van der Waals surface area contributed by atoms with Crippen LogP contribution in [0.4, 0.5) is 13.2 Å². The number of nitriles is 1. The number of alkyl halides is 3. The van der Waals surface area contributed by atoms with Crippen molar-refractivity contribution in [2.75, 3.05) is 6.61 Å². The smallest absolute Gasteiger partial charge is 0.416 e. The van der Waals surface area contributed by atoms with Crippen LogP contribution in [-0.2, 0) is 6.18 Å². The summed E-state index contributed by atoms with van der Waals surface area (Å²) in [5.74, 6) is 0.301. The number of hydrogen-bond donors (Lipinski definition) is 0. The maximum absolute atomic E-state index is 13.0. The van der Waals surface area contributed by atoms with Crippen LogP contribution in [-0.4, -0.2) is 21.6 Å². The average Bonchev–Trinajstić information content (AvgIpc) is 3.09. The molecule has 0 saturated carbocycles. The first-order valence-electron chi connectivity index (χ1n) is 7.28. The van der Waals surface area contributed by atoms with Crippen LogP contribution in [0.1, 0.15) is 5.56 Å². The molecular formula is C17H10ClF3N4O. The van der Waals surface area contributed by atoms with Crippen molar-refractivity contribution >= 4 is 11.6 Å². The van der Waals surface area contributed by atoms with Crippen molar-refractivity contribution in [2.24, 2.45) is 0 Å². The van der Waals surface area contributed by atoms with E-state index in [1.54, 1.807) is 12.1 Å². The minimum absolute atomic E-state index is 0.206. The first-order valence-corrected chi connectivity index (χ1v) is 7.66. The molecule has 9 heteroatoms. The van der Waals surface area contributed by atoms with Gasteiger partial charge >= 0.3 is 6.18 Å². The molecule has 1 heterocycles. The molecule has 0 atom stereocenters. The number of aromatic nitrogens is 3. The van der Waals surface area contributed by atoms with Crippen molar-refractivity contribution in [3.63, 3.8) is 0 Å². The lowest BCUT2D eigenvalue weighted by Gasteiger charge is -2.13. The molecule has 0 spiro atoms.